The summed E-state index contributed by atoms with van der Waals surface area (Å²) in [5.74, 6) is -1.52. The summed E-state index contributed by atoms with van der Waals surface area (Å²) in [6.45, 7) is 0. The number of hydrogen-bond acceptors (Lipinski definition) is 8. The van der Waals surface area contributed by atoms with E-state index in [4.69, 9.17) is 9.47 Å². The lowest BCUT2D eigenvalue weighted by Gasteiger charge is -2.43. The van der Waals surface area contributed by atoms with Gasteiger partial charge in [0.1, 0.15) is 17.4 Å². The lowest BCUT2D eigenvalue weighted by Crippen LogP contribution is -2.47. The van der Waals surface area contributed by atoms with Crippen molar-refractivity contribution in [3.63, 3.8) is 0 Å². The van der Waals surface area contributed by atoms with Crippen LogP contribution in [0, 0.1) is 26.1 Å². The number of nitro benzene ring substituents is 2. The third-order valence-corrected chi connectivity index (χ3v) is 6.63. The molecular weight excluding hydrogens is 468 g/mol. The summed E-state index contributed by atoms with van der Waals surface area (Å²) in [6, 6.07) is 17.0. The molecular formula is C26H14N2O8. The maximum Gasteiger partial charge on any atom is 0.346 e. The van der Waals surface area contributed by atoms with E-state index in [2.05, 4.69) is 0 Å². The fourth-order valence-corrected chi connectivity index (χ4v) is 5.14. The van der Waals surface area contributed by atoms with Gasteiger partial charge in [0.15, 0.2) is 11.4 Å². The van der Waals surface area contributed by atoms with E-state index in [-0.39, 0.29) is 16.9 Å². The average molecular weight is 482 g/mol. The molecule has 0 radical (unpaired) electrons. The van der Waals surface area contributed by atoms with Crippen molar-refractivity contribution in [2.24, 2.45) is 5.92 Å². The number of esters is 1. The Morgan fingerprint density at radius 3 is 2.25 bits per heavy atom. The molecule has 0 fully saturated rings. The van der Waals surface area contributed by atoms with Gasteiger partial charge in [-0.1, -0.05) is 36.4 Å². The molecule has 0 bridgehead atoms. The number of carbonyl (C=O) groups excluding carboxylic acids is 2. The van der Waals surface area contributed by atoms with Gasteiger partial charge in [0.05, 0.1) is 15.4 Å². The maximum atomic E-state index is 14.1. The number of para-hydroxylation sites is 1. The summed E-state index contributed by atoms with van der Waals surface area (Å²) in [7, 11) is 0. The van der Waals surface area contributed by atoms with Crippen LogP contribution in [0.1, 0.15) is 27.0 Å². The number of fused-ring (bicyclic) bond motifs is 6. The van der Waals surface area contributed by atoms with Gasteiger partial charge >= 0.3 is 17.3 Å². The van der Waals surface area contributed by atoms with E-state index in [0.29, 0.717) is 22.4 Å². The molecule has 10 nitrogen and oxygen atoms in total. The predicted molar refractivity (Wildman–Crippen MR) is 124 cm³/mol. The van der Waals surface area contributed by atoms with Crippen LogP contribution in [0.2, 0.25) is 0 Å². The molecule has 3 aliphatic rings. The molecule has 2 atom stereocenters. The van der Waals surface area contributed by atoms with Gasteiger partial charge < -0.3 is 9.47 Å². The molecule has 10 heteroatoms. The van der Waals surface area contributed by atoms with E-state index in [1.807, 2.05) is 0 Å². The number of hydrogen-bond donors (Lipinski definition) is 0. The zero-order chi connectivity index (χ0) is 25.2. The number of ketones is 1. The van der Waals surface area contributed by atoms with Crippen molar-refractivity contribution < 1.29 is 28.9 Å². The van der Waals surface area contributed by atoms with Gasteiger partial charge in [-0.05, 0) is 35.9 Å². The Morgan fingerprint density at radius 1 is 0.806 bits per heavy atom. The SMILES string of the molecule is O=C1OC2(c3ccccc3OC3=CC=C(c4ccc([N+](=O)[O-])c([N+](=O)[O-])c4)C(=O)C32)c2ccccc21. The zero-order valence-electron chi connectivity index (χ0n) is 18.2. The molecule has 2 heterocycles. The number of ether oxygens (including phenoxy) is 2. The maximum absolute atomic E-state index is 14.1. The molecule has 2 unspecified atom stereocenters. The zero-order valence-corrected chi connectivity index (χ0v) is 18.2. The van der Waals surface area contributed by atoms with E-state index in [1.165, 1.54) is 12.1 Å². The summed E-state index contributed by atoms with van der Waals surface area (Å²) in [5, 5.41) is 22.7. The monoisotopic (exact) mass is 482 g/mol. The summed E-state index contributed by atoms with van der Waals surface area (Å²) in [6.07, 6.45) is 3.00. The third kappa shape index (κ3) is 2.78. The number of benzene rings is 3. The first-order chi connectivity index (χ1) is 17.3. The van der Waals surface area contributed by atoms with Crippen LogP contribution < -0.4 is 4.74 Å². The van der Waals surface area contributed by atoms with Crippen LogP contribution in [0.5, 0.6) is 5.75 Å². The first-order valence-electron chi connectivity index (χ1n) is 10.8. The molecule has 2 aliphatic heterocycles. The van der Waals surface area contributed by atoms with E-state index in [1.54, 1.807) is 54.6 Å². The van der Waals surface area contributed by atoms with Crippen molar-refractivity contribution >= 4 is 28.7 Å². The highest BCUT2D eigenvalue weighted by atomic mass is 16.6. The second kappa shape index (κ2) is 7.44. The third-order valence-electron chi connectivity index (χ3n) is 6.63. The van der Waals surface area contributed by atoms with Crippen molar-refractivity contribution in [3.8, 4) is 5.75 Å². The first kappa shape index (κ1) is 21.4. The van der Waals surface area contributed by atoms with Crippen molar-refractivity contribution in [3.05, 3.63) is 127 Å². The minimum Gasteiger partial charge on any atom is -0.460 e. The van der Waals surface area contributed by atoms with Gasteiger partial charge in [-0.15, -0.1) is 0 Å². The fraction of sp³-hybridized carbons (Fsp3) is 0.0769. The number of Topliss-reactive ketones (excluding diaryl/α,β-unsaturated/α-hetero) is 1. The standard InChI is InChI=1S/C26H14N2O8/c29-24-15(14-9-11-19(27(31)32)20(13-14)28(33)34)10-12-22-23(24)26(18-7-3-4-8-21(18)35-22)17-6-2-1-5-16(17)25(30)36-26/h1-13,23H. The smallest absolute Gasteiger partial charge is 0.346 e. The molecule has 0 saturated carbocycles. The normalized spacial score (nSPS) is 21.4. The van der Waals surface area contributed by atoms with Crippen LogP contribution in [-0.4, -0.2) is 21.6 Å². The highest BCUT2D eigenvalue weighted by Gasteiger charge is 2.61. The minimum absolute atomic E-state index is 0.0736. The van der Waals surface area contributed by atoms with E-state index >= 15 is 0 Å². The number of carbonyl (C=O) groups is 2. The van der Waals surface area contributed by atoms with Crippen LogP contribution in [0.25, 0.3) is 5.57 Å². The Kier molecular flexibility index (Phi) is 4.43. The molecule has 1 aliphatic carbocycles. The quantitative estimate of drug-likeness (QED) is 0.303. The van der Waals surface area contributed by atoms with Gasteiger partial charge in [-0.25, -0.2) is 4.79 Å². The second-order valence-electron chi connectivity index (χ2n) is 8.43. The first-order valence-corrected chi connectivity index (χ1v) is 10.8. The number of nitrogens with zero attached hydrogens (tertiary/aromatic N) is 2. The van der Waals surface area contributed by atoms with Crippen molar-refractivity contribution in [2.75, 3.05) is 0 Å². The predicted octanol–water partition coefficient (Wildman–Crippen LogP) is 4.48. The topological polar surface area (TPSA) is 139 Å². The van der Waals surface area contributed by atoms with E-state index in [0.717, 1.165) is 12.1 Å². The fourth-order valence-electron chi connectivity index (χ4n) is 5.14. The molecule has 0 saturated heterocycles. The average Bonchev–Trinajstić information content (AvgIpc) is 3.16. The molecule has 1 spiro atoms. The molecule has 0 N–H and O–H groups in total. The summed E-state index contributed by atoms with van der Waals surface area (Å²) in [4.78, 5) is 48.0. The Hall–Kier alpha value is -5.12. The minimum atomic E-state index is -1.52. The molecule has 36 heavy (non-hydrogen) atoms. The van der Waals surface area contributed by atoms with Crippen LogP contribution in [0.3, 0.4) is 0 Å². The molecule has 0 aromatic heterocycles. The number of rotatable bonds is 3. The van der Waals surface area contributed by atoms with Crippen molar-refractivity contribution in [1.29, 1.82) is 0 Å². The van der Waals surface area contributed by atoms with Crippen molar-refractivity contribution in [1.82, 2.24) is 0 Å². The van der Waals surface area contributed by atoms with Gasteiger partial charge in [-0.3, -0.25) is 25.0 Å². The van der Waals surface area contributed by atoms with Crippen molar-refractivity contribution in [2.45, 2.75) is 5.60 Å². The molecule has 3 aromatic rings. The van der Waals surface area contributed by atoms with Gasteiger partial charge in [-0.2, -0.15) is 0 Å². The Balaban J connectivity index is 1.56. The Labute approximate surface area is 202 Å². The van der Waals surface area contributed by atoms with Gasteiger partial charge in [0.25, 0.3) is 0 Å². The lowest BCUT2D eigenvalue weighted by molar-refractivity contribution is -0.422. The van der Waals surface area contributed by atoms with Crippen LogP contribution in [-0.2, 0) is 15.1 Å². The molecule has 176 valence electrons. The Morgan fingerprint density at radius 2 is 1.50 bits per heavy atom. The highest BCUT2D eigenvalue weighted by Crippen LogP contribution is 2.57. The lowest BCUT2D eigenvalue weighted by atomic mass is 9.68. The molecule has 0 amide bonds. The summed E-state index contributed by atoms with van der Waals surface area (Å²) < 4.78 is 12.1. The number of nitro groups is 2. The largest absolute Gasteiger partial charge is 0.460 e. The van der Waals surface area contributed by atoms with Crippen LogP contribution >= 0.6 is 0 Å². The summed E-state index contributed by atoms with van der Waals surface area (Å²) in [5.41, 5.74) is -1.42. The van der Waals surface area contributed by atoms with Crippen LogP contribution in [0.4, 0.5) is 11.4 Å². The highest BCUT2D eigenvalue weighted by molar-refractivity contribution is 6.25. The Bertz CT molecular complexity index is 1600. The van der Waals surface area contributed by atoms with Gasteiger partial charge in [0.2, 0.25) is 0 Å². The molecule has 3 aromatic carbocycles. The summed E-state index contributed by atoms with van der Waals surface area (Å²) >= 11 is 0. The van der Waals surface area contributed by atoms with Gasteiger partial charge in [0, 0.05) is 28.8 Å². The van der Waals surface area contributed by atoms with E-state index < -0.39 is 44.5 Å². The second-order valence-corrected chi connectivity index (χ2v) is 8.43. The number of allylic oxidation sites excluding steroid dienone is 3. The van der Waals surface area contributed by atoms with Crippen LogP contribution in [0.15, 0.2) is 84.6 Å². The van der Waals surface area contributed by atoms with E-state index in [9.17, 15) is 29.8 Å². The molecule has 6 rings (SSSR count).